The number of carbonyl (C=O) groups is 12. The number of hydrogen-bond acceptors (Lipinski definition) is 36. The first-order valence-electron chi connectivity index (χ1n) is 44.2. The number of aliphatic carboxylic acids is 4. The number of nitrogens with two attached hydrogens (primary N) is 4. The standard InChI is InChI=1S/C26H27N3O9S.C24H29N3O8.C22H27N3O9S.C22H25N3O9S/c27-24(28)17-4-3-16-11-19(6-5-15(16)10-17)38-26(33)23-8-7-20(37-23)13-29-9-1-2-21(29)22(30)12-18(25(31)32)14-39(34,35)36;1-13(2)21(18(28)10-15(23(31)32)11-20(29)30)27(3)12-17-8-9-19(34-17)24(33)35-16-6-4-14(5-7-16)22(25)26;2*23-20(24)13-3-5-15(6-4-13)34-22(29)19-8-7-16(33-19)11-25-9-1-2-17(25)18(26)10-14(21(27)28)12-35(30,31)32/h3-8,10-11,18,21H,1-2,9,12-14H2,(H3,27,28)(H,31,32)(H,34,35,36);4-9,13,15,21H,10-12H2,1-3H3,(H3,25,26)(H,29,30)(H,31,32);3-8,14,17,21,27-28H,1-2,9-12H2,(H3,23,24)(H,30,31,32);3-8,14,17H,1-2,9-12H2,(H3,23,24)(H,27,28)(H,30,31,32)/t18-,21+;15-,21-;14-,17+;14-,17-/m0000/s1. The van der Waals surface area contributed by atoms with Gasteiger partial charge in [-0.1, -0.05) is 32.0 Å². The van der Waals surface area contributed by atoms with E-state index in [1.165, 1.54) is 72.8 Å². The Hall–Kier alpha value is -14.7. The van der Waals surface area contributed by atoms with E-state index in [0.717, 1.165) is 10.8 Å². The number of carboxylic acids is 4. The minimum atomic E-state index is -4.56. The number of esters is 4. The minimum absolute atomic E-state index is 0.0433. The van der Waals surface area contributed by atoms with Crippen LogP contribution in [-0.2, 0) is 94.9 Å². The third-order valence-electron chi connectivity index (χ3n) is 23.0. The number of likely N-dealkylation sites (N-methyl/N-ethyl adjacent to an activating group) is 1. The third-order valence-corrected chi connectivity index (χ3v) is 25.5. The number of fused-ring (bicyclic) bond motifs is 1. The summed E-state index contributed by atoms with van der Waals surface area (Å²) >= 11 is 0. The summed E-state index contributed by atoms with van der Waals surface area (Å²) < 4.78 is 137. The number of furan rings is 4. The fourth-order valence-electron chi connectivity index (χ4n) is 16.1. The van der Waals surface area contributed by atoms with Gasteiger partial charge in [-0.25, -0.2) is 19.2 Å². The number of amidine groups is 4. The lowest BCUT2D eigenvalue weighted by atomic mass is 9.90. The molecule has 4 aromatic heterocycles. The molecule has 0 radical (unpaired) electrons. The smallest absolute Gasteiger partial charge is 0.379 e. The van der Waals surface area contributed by atoms with E-state index in [2.05, 4.69) is 0 Å². The van der Waals surface area contributed by atoms with E-state index in [9.17, 15) is 108 Å². The van der Waals surface area contributed by atoms with Gasteiger partial charge in [-0.15, -0.1) is 0 Å². The Bertz CT molecular complexity index is 6590. The lowest BCUT2D eigenvalue weighted by Crippen LogP contribution is -2.43. The molecule has 0 saturated carbocycles. The van der Waals surface area contributed by atoms with Crippen molar-refractivity contribution in [1.82, 2.24) is 19.6 Å². The largest absolute Gasteiger partial charge is 0.481 e. The summed E-state index contributed by atoms with van der Waals surface area (Å²) in [5.74, 6) is -17.2. The maximum atomic E-state index is 12.9. The molecule has 7 heterocycles. The number of carbonyl (C=O) groups excluding carboxylic acids is 8. The van der Waals surface area contributed by atoms with E-state index in [0.29, 0.717) is 109 Å². The number of likely N-dealkylation sites (tertiary alicyclic amines) is 3. The fraction of sp³-hybridized carbons (Fsp3) is 0.362. The summed E-state index contributed by atoms with van der Waals surface area (Å²) in [6, 6.07) is 38.0. The molecular weight excluding hydrogens is 1950 g/mol. The molecule has 50 heteroatoms. The van der Waals surface area contributed by atoms with E-state index in [-0.39, 0.29) is 102 Å². The first-order valence-corrected chi connectivity index (χ1v) is 49.1. The Kier molecular flexibility index (Phi) is 39.8. The van der Waals surface area contributed by atoms with E-state index >= 15 is 0 Å². The third kappa shape index (κ3) is 34.6. The van der Waals surface area contributed by atoms with Crippen LogP contribution in [0.25, 0.3) is 10.8 Å². The molecule has 3 saturated heterocycles. The summed E-state index contributed by atoms with van der Waals surface area (Å²) in [4.78, 5) is 153. The lowest BCUT2D eigenvalue weighted by molar-refractivity contribution is -0.150. The number of carboxylic acid groups (broad SMARTS) is 4. The van der Waals surface area contributed by atoms with Crippen molar-refractivity contribution in [3.63, 3.8) is 0 Å². The summed E-state index contributed by atoms with van der Waals surface area (Å²) in [6.45, 7) is 5.88. The number of nitrogens with zero attached hydrogens (tertiary/aromatic N) is 4. The number of benzene rings is 5. The highest BCUT2D eigenvalue weighted by Crippen LogP contribution is 2.33. The molecule has 5 aromatic carbocycles. The number of aliphatic hydroxyl groups is 2. The van der Waals surface area contributed by atoms with Crippen molar-refractivity contribution in [3.05, 3.63) is 226 Å². The second-order valence-corrected chi connectivity index (χ2v) is 38.9. The summed E-state index contributed by atoms with van der Waals surface area (Å²) in [6.07, 6.45) is -1.20. The van der Waals surface area contributed by atoms with Gasteiger partial charge in [0.1, 0.15) is 75.2 Å². The molecule has 144 heavy (non-hydrogen) atoms. The van der Waals surface area contributed by atoms with Crippen LogP contribution in [0.5, 0.6) is 23.0 Å². The summed E-state index contributed by atoms with van der Waals surface area (Å²) in [5, 5.41) is 86.8. The number of hydrogen-bond donors (Lipinski definition) is 17. The Morgan fingerprint density at radius 3 is 1.02 bits per heavy atom. The van der Waals surface area contributed by atoms with Crippen LogP contribution >= 0.6 is 0 Å². The highest BCUT2D eigenvalue weighted by molar-refractivity contribution is 7.86. The van der Waals surface area contributed by atoms with Crippen molar-refractivity contribution in [2.24, 2.45) is 52.5 Å². The van der Waals surface area contributed by atoms with E-state index in [4.69, 9.17) is 100.0 Å². The minimum Gasteiger partial charge on any atom is -0.481 e. The molecular formula is C94H108N12O35S3. The van der Waals surface area contributed by atoms with Crippen molar-refractivity contribution < 1.29 is 164 Å². The van der Waals surface area contributed by atoms with Crippen LogP contribution in [-0.4, -0.2) is 258 Å². The lowest BCUT2D eigenvalue weighted by Gasteiger charge is -2.30. The summed E-state index contributed by atoms with van der Waals surface area (Å²) in [7, 11) is -11.9. The van der Waals surface area contributed by atoms with Gasteiger partial charge in [-0.2, -0.15) is 25.3 Å². The summed E-state index contributed by atoms with van der Waals surface area (Å²) in [5.41, 5.74) is 23.7. The molecule has 8 atom stereocenters. The molecule has 21 N–H and O–H groups in total. The molecule has 0 unspecified atom stereocenters. The van der Waals surface area contributed by atoms with Crippen LogP contribution in [0.15, 0.2) is 175 Å². The van der Waals surface area contributed by atoms with E-state index in [1.54, 1.807) is 125 Å². The molecule has 0 amide bonds. The normalized spacial score (nSPS) is 16.0. The molecule has 0 bridgehead atoms. The molecule has 3 aliphatic heterocycles. The van der Waals surface area contributed by atoms with E-state index < -0.39 is 199 Å². The average molecular weight is 2060 g/mol. The molecule has 9 aromatic rings. The zero-order chi connectivity index (χ0) is 106. The first kappa shape index (κ1) is 113. The zero-order valence-corrected chi connectivity index (χ0v) is 80.0. The number of aliphatic hydroxyl groups excluding tert-OH is 1. The number of nitrogens with one attached hydrogen (secondary N) is 4. The van der Waals surface area contributed by atoms with Gasteiger partial charge < -0.3 is 90.2 Å². The zero-order valence-electron chi connectivity index (χ0n) is 77.6. The molecule has 12 rings (SSSR count). The second-order valence-electron chi connectivity index (χ2n) is 34.4. The van der Waals surface area contributed by atoms with Crippen LogP contribution < -0.4 is 41.9 Å². The Morgan fingerprint density at radius 1 is 0.396 bits per heavy atom. The Labute approximate surface area is 822 Å². The van der Waals surface area contributed by atoms with Crippen LogP contribution in [0.4, 0.5) is 0 Å². The Morgan fingerprint density at radius 2 is 0.701 bits per heavy atom. The number of rotatable bonds is 46. The van der Waals surface area contributed by atoms with Gasteiger partial charge in [-0.3, -0.25) is 93.3 Å². The van der Waals surface area contributed by atoms with E-state index in [1.807, 2.05) is 0 Å². The van der Waals surface area contributed by atoms with Gasteiger partial charge in [0.05, 0.1) is 91.8 Å². The average Bonchev–Trinajstić information content (AvgIpc) is 1.29. The molecule has 0 aliphatic carbocycles. The second kappa shape index (κ2) is 50.8. The first-order chi connectivity index (χ1) is 67.6. The van der Waals surface area contributed by atoms with Crippen molar-refractivity contribution in [3.8, 4) is 23.0 Å². The van der Waals surface area contributed by atoms with Crippen LogP contribution in [0.3, 0.4) is 0 Å². The highest BCUT2D eigenvalue weighted by atomic mass is 32.2. The van der Waals surface area contributed by atoms with Gasteiger partial charge in [0.15, 0.2) is 23.6 Å². The molecule has 47 nitrogen and oxygen atoms in total. The fourth-order valence-corrected chi connectivity index (χ4v) is 18.5. The van der Waals surface area contributed by atoms with Crippen LogP contribution in [0.1, 0.15) is 172 Å². The van der Waals surface area contributed by atoms with Crippen LogP contribution in [0, 0.1) is 51.2 Å². The maximum Gasteiger partial charge on any atom is 0.379 e. The van der Waals surface area contributed by atoms with Crippen molar-refractivity contribution in [2.75, 3.05) is 43.9 Å². The van der Waals surface area contributed by atoms with Gasteiger partial charge >= 0.3 is 47.8 Å². The number of Topliss-reactive ketones (excluding diaryl/α,β-unsaturated/α-hetero) is 4. The van der Waals surface area contributed by atoms with Crippen LogP contribution in [0.2, 0.25) is 0 Å². The van der Waals surface area contributed by atoms with Crippen molar-refractivity contribution in [1.29, 1.82) is 21.6 Å². The number of nitrogen functional groups attached to an aromatic ring is 4. The Balaban J connectivity index is 0.000000214. The molecule has 3 fully saturated rings. The van der Waals surface area contributed by atoms with Gasteiger partial charge in [0.25, 0.3) is 30.4 Å². The molecule has 772 valence electrons. The quantitative estimate of drug-likeness (QED) is 0.00474. The SMILES string of the molecule is CC(C)[C@@H](C(=O)C[C@@H](CC(=O)O)C(=O)O)N(C)Cc1ccc(C(=O)Oc2ccc(C(=N)N)cc2)o1.N=C(N)c1ccc(OC(=O)c2ccc(CN3CCC[C@@H]3C(=O)C[C@@H](CS(=O)(=O)O)C(O)O)o2)cc1.N=C(N)c1ccc(OC(=O)c2ccc(CN3CCC[C@H]3C(=O)C[C@@H](CS(=O)(=O)O)C(=O)O)o2)cc1.N=C(N)c1ccc2cc(OC(=O)c3ccc(CN4CCC[C@@H]4C(=O)C[C@@H](CS(=O)(=O)O)C(=O)O)o3)ccc2c1. The molecule has 3 aliphatic rings. The number of ether oxygens (including phenoxy) is 4. The van der Waals surface area contributed by atoms with Crippen molar-refractivity contribution >= 4 is 135 Å². The topological polar surface area (TPSA) is 791 Å². The van der Waals surface area contributed by atoms with Gasteiger partial charge in [0.2, 0.25) is 23.0 Å². The van der Waals surface area contributed by atoms with Gasteiger partial charge in [-0.05, 0) is 221 Å². The number of ketones is 4. The monoisotopic (exact) mass is 2060 g/mol. The van der Waals surface area contributed by atoms with Gasteiger partial charge in [0, 0.05) is 53.9 Å². The highest BCUT2D eigenvalue weighted by Gasteiger charge is 2.41. The predicted octanol–water partition coefficient (Wildman–Crippen LogP) is 6.64. The maximum absolute atomic E-state index is 12.9. The van der Waals surface area contributed by atoms with Crippen molar-refractivity contribution in [2.45, 2.75) is 141 Å². The molecule has 0 spiro atoms. The predicted molar refractivity (Wildman–Crippen MR) is 507 cm³/mol.